The van der Waals surface area contributed by atoms with Gasteiger partial charge in [-0.15, -0.1) is 0 Å². The zero-order valence-electron chi connectivity index (χ0n) is 13.0. The maximum Gasteiger partial charge on any atom is 0.246 e. The zero-order valence-corrected chi connectivity index (χ0v) is 13.8. The predicted molar refractivity (Wildman–Crippen MR) is 81.2 cm³/mol. The molecule has 2 atom stereocenters. The molecule has 1 fully saturated rings. The quantitative estimate of drug-likeness (QED) is 0.856. The van der Waals surface area contributed by atoms with Gasteiger partial charge in [-0.1, -0.05) is 13.8 Å². The monoisotopic (exact) mass is 313 g/mol. The van der Waals surface area contributed by atoms with Crippen LogP contribution in [-0.4, -0.2) is 40.0 Å². The van der Waals surface area contributed by atoms with E-state index in [9.17, 15) is 8.42 Å². The van der Waals surface area contributed by atoms with Crippen LogP contribution in [0.25, 0.3) is 0 Å². The van der Waals surface area contributed by atoms with Gasteiger partial charge in [-0.05, 0) is 30.4 Å². The summed E-state index contributed by atoms with van der Waals surface area (Å²) < 4.78 is 37.7. The van der Waals surface area contributed by atoms with Gasteiger partial charge in [-0.2, -0.15) is 4.31 Å². The van der Waals surface area contributed by atoms with Crippen LogP contribution in [0.3, 0.4) is 0 Å². The molecule has 21 heavy (non-hydrogen) atoms. The molecule has 0 amide bonds. The fourth-order valence-electron chi connectivity index (χ4n) is 2.93. The number of piperidine rings is 1. The molecule has 2 unspecified atom stereocenters. The Bertz CT molecular complexity index is 590. The van der Waals surface area contributed by atoms with Crippen LogP contribution in [0, 0.1) is 11.8 Å². The van der Waals surface area contributed by atoms with E-state index in [0.717, 1.165) is 6.42 Å². The first-order chi connectivity index (χ1) is 9.88. The molecule has 6 heteroatoms. The fourth-order valence-corrected chi connectivity index (χ4v) is 4.78. The van der Waals surface area contributed by atoms with E-state index >= 15 is 0 Å². The molecule has 0 aliphatic carbocycles. The van der Waals surface area contributed by atoms with Crippen molar-refractivity contribution in [3.8, 4) is 11.5 Å². The minimum atomic E-state index is -3.57. The summed E-state index contributed by atoms with van der Waals surface area (Å²) in [5, 5.41) is 0. The number of ether oxygens (including phenoxy) is 2. The molecule has 0 radical (unpaired) electrons. The Morgan fingerprint density at radius 2 is 1.71 bits per heavy atom. The Kier molecular flexibility index (Phi) is 4.78. The molecule has 2 rings (SSSR count). The van der Waals surface area contributed by atoms with Crippen LogP contribution in [0.15, 0.2) is 23.1 Å². The minimum absolute atomic E-state index is 0.172. The predicted octanol–water partition coefficient (Wildman–Crippen LogP) is 2.37. The van der Waals surface area contributed by atoms with Crippen LogP contribution in [0.5, 0.6) is 11.5 Å². The van der Waals surface area contributed by atoms with Crippen molar-refractivity contribution in [1.82, 2.24) is 4.31 Å². The van der Waals surface area contributed by atoms with Crippen molar-refractivity contribution in [1.29, 1.82) is 0 Å². The molecule has 1 aliphatic rings. The van der Waals surface area contributed by atoms with Crippen molar-refractivity contribution in [2.24, 2.45) is 11.8 Å². The van der Waals surface area contributed by atoms with Gasteiger partial charge in [0, 0.05) is 19.2 Å². The van der Waals surface area contributed by atoms with Gasteiger partial charge in [0.1, 0.15) is 16.4 Å². The number of sulfonamides is 1. The van der Waals surface area contributed by atoms with E-state index in [1.54, 1.807) is 16.4 Å². The fraction of sp³-hybridized carbons (Fsp3) is 0.600. The zero-order chi connectivity index (χ0) is 15.6. The lowest BCUT2D eigenvalue weighted by Gasteiger charge is -2.34. The lowest BCUT2D eigenvalue weighted by Crippen LogP contribution is -2.42. The molecule has 118 valence electrons. The van der Waals surface area contributed by atoms with E-state index in [1.165, 1.54) is 20.3 Å². The molecule has 0 bridgehead atoms. The first-order valence-corrected chi connectivity index (χ1v) is 8.54. The van der Waals surface area contributed by atoms with E-state index in [1.807, 2.05) is 0 Å². The van der Waals surface area contributed by atoms with Crippen LogP contribution < -0.4 is 9.47 Å². The molecule has 0 aromatic heterocycles. The third-order valence-electron chi connectivity index (χ3n) is 3.82. The van der Waals surface area contributed by atoms with Gasteiger partial charge >= 0.3 is 0 Å². The summed E-state index contributed by atoms with van der Waals surface area (Å²) in [5.41, 5.74) is 0. The minimum Gasteiger partial charge on any atom is -0.497 e. The Morgan fingerprint density at radius 3 is 2.24 bits per heavy atom. The van der Waals surface area contributed by atoms with Crippen LogP contribution in [0.1, 0.15) is 20.3 Å². The number of hydrogen-bond acceptors (Lipinski definition) is 4. The van der Waals surface area contributed by atoms with Gasteiger partial charge in [-0.3, -0.25) is 0 Å². The van der Waals surface area contributed by atoms with Gasteiger partial charge in [0.25, 0.3) is 0 Å². The van der Waals surface area contributed by atoms with Crippen molar-refractivity contribution >= 4 is 10.0 Å². The van der Waals surface area contributed by atoms with Crippen molar-refractivity contribution in [2.75, 3.05) is 27.3 Å². The van der Waals surface area contributed by atoms with Gasteiger partial charge < -0.3 is 9.47 Å². The van der Waals surface area contributed by atoms with E-state index in [2.05, 4.69) is 13.8 Å². The molecule has 1 saturated heterocycles. The number of rotatable bonds is 4. The topological polar surface area (TPSA) is 55.8 Å². The standard InChI is InChI=1S/C15H23NO4S/c1-11-7-12(2)10-16(9-11)21(17,18)15-8-13(19-3)5-6-14(15)20-4/h5-6,8,11-12H,7,9-10H2,1-4H3. The third kappa shape index (κ3) is 3.32. The first kappa shape index (κ1) is 16.1. The smallest absolute Gasteiger partial charge is 0.246 e. The molecule has 1 aliphatic heterocycles. The Labute approximate surface area is 126 Å². The molecule has 0 N–H and O–H groups in total. The second kappa shape index (κ2) is 6.23. The molecular formula is C15H23NO4S. The Morgan fingerprint density at radius 1 is 1.10 bits per heavy atom. The first-order valence-electron chi connectivity index (χ1n) is 7.10. The summed E-state index contributed by atoms with van der Waals surface area (Å²) in [6.45, 7) is 5.27. The maximum absolute atomic E-state index is 12.9. The van der Waals surface area contributed by atoms with Gasteiger partial charge in [0.15, 0.2) is 0 Å². The summed E-state index contributed by atoms with van der Waals surface area (Å²) in [7, 11) is -0.583. The molecule has 1 aromatic rings. The molecule has 0 saturated carbocycles. The van der Waals surface area contributed by atoms with Gasteiger partial charge in [0.05, 0.1) is 14.2 Å². The van der Waals surface area contributed by atoms with Crippen LogP contribution in [0.2, 0.25) is 0 Å². The van der Waals surface area contributed by atoms with Crippen LogP contribution in [-0.2, 0) is 10.0 Å². The van der Waals surface area contributed by atoms with E-state index in [4.69, 9.17) is 9.47 Å². The van der Waals surface area contributed by atoms with Crippen LogP contribution >= 0.6 is 0 Å². The molecule has 1 heterocycles. The summed E-state index contributed by atoms with van der Waals surface area (Å²) in [4.78, 5) is 0.172. The lowest BCUT2D eigenvalue weighted by molar-refractivity contribution is 0.222. The van der Waals surface area contributed by atoms with Crippen molar-refractivity contribution in [3.05, 3.63) is 18.2 Å². The van der Waals surface area contributed by atoms with Gasteiger partial charge in [0.2, 0.25) is 10.0 Å². The second-order valence-corrected chi connectivity index (χ2v) is 7.69. The van der Waals surface area contributed by atoms with Crippen molar-refractivity contribution in [2.45, 2.75) is 25.2 Å². The summed E-state index contributed by atoms with van der Waals surface area (Å²) in [5.74, 6) is 1.58. The number of hydrogen-bond donors (Lipinski definition) is 0. The highest BCUT2D eigenvalue weighted by Crippen LogP contribution is 2.33. The second-order valence-electron chi connectivity index (χ2n) is 5.78. The summed E-state index contributed by atoms with van der Waals surface area (Å²) >= 11 is 0. The lowest BCUT2D eigenvalue weighted by atomic mass is 9.94. The number of methoxy groups -OCH3 is 2. The van der Waals surface area contributed by atoms with E-state index in [0.29, 0.717) is 36.4 Å². The normalized spacial score (nSPS) is 23.8. The highest BCUT2D eigenvalue weighted by molar-refractivity contribution is 7.89. The highest BCUT2D eigenvalue weighted by atomic mass is 32.2. The average molecular weight is 313 g/mol. The molecule has 5 nitrogen and oxygen atoms in total. The van der Waals surface area contributed by atoms with Crippen molar-refractivity contribution in [3.63, 3.8) is 0 Å². The van der Waals surface area contributed by atoms with Gasteiger partial charge in [-0.25, -0.2) is 8.42 Å². The van der Waals surface area contributed by atoms with Crippen LogP contribution in [0.4, 0.5) is 0 Å². The largest absolute Gasteiger partial charge is 0.497 e. The van der Waals surface area contributed by atoms with Crippen molar-refractivity contribution < 1.29 is 17.9 Å². The van der Waals surface area contributed by atoms with E-state index < -0.39 is 10.0 Å². The number of benzene rings is 1. The SMILES string of the molecule is COc1ccc(OC)c(S(=O)(=O)N2CC(C)CC(C)C2)c1. The summed E-state index contributed by atoms with van der Waals surface area (Å²) in [6.07, 6.45) is 1.06. The Balaban J connectivity index is 2.43. The summed E-state index contributed by atoms with van der Waals surface area (Å²) in [6, 6.07) is 4.85. The third-order valence-corrected chi connectivity index (χ3v) is 5.68. The molecule has 0 spiro atoms. The average Bonchev–Trinajstić information content (AvgIpc) is 2.45. The molecular weight excluding hydrogens is 290 g/mol. The Hall–Kier alpha value is -1.27. The molecule has 1 aromatic carbocycles. The maximum atomic E-state index is 12.9. The highest BCUT2D eigenvalue weighted by Gasteiger charge is 2.33. The number of nitrogens with zero attached hydrogens (tertiary/aromatic N) is 1. The van der Waals surface area contributed by atoms with E-state index in [-0.39, 0.29) is 4.90 Å².